The molecule has 7 nitrogen and oxygen atoms in total. The molecule has 0 fully saturated rings. The summed E-state index contributed by atoms with van der Waals surface area (Å²) >= 11 is 4.78. The number of aromatic nitrogens is 3. The first-order valence-electron chi connectivity index (χ1n) is 9.64. The molecule has 2 heterocycles. The summed E-state index contributed by atoms with van der Waals surface area (Å²) in [5, 5.41) is 9.31. The van der Waals surface area contributed by atoms with E-state index in [-0.39, 0.29) is 17.6 Å². The van der Waals surface area contributed by atoms with Crippen LogP contribution in [0.4, 0.5) is 0 Å². The minimum atomic E-state index is 0.0121. The van der Waals surface area contributed by atoms with Crippen molar-refractivity contribution in [1.82, 2.24) is 19.7 Å². The molecule has 1 amide bonds. The van der Waals surface area contributed by atoms with Crippen molar-refractivity contribution in [2.24, 2.45) is 0 Å². The number of carbonyl (C=O) groups is 1. The first-order chi connectivity index (χ1) is 14.4. The molecule has 30 heavy (non-hydrogen) atoms. The van der Waals surface area contributed by atoms with Crippen LogP contribution in [0.3, 0.4) is 0 Å². The highest BCUT2D eigenvalue weighted by atomic mass is 79.9. The molecule has 0 saturated heterocycles. The summed E-state index contributed by atoms with van der Waals surface area (Å²) in [4.78, 5) is 14.2. The van der Waals surface area contributed by atoms with E-state index in [0.717, 1.165) is 21.8 Å². The van der Waals surface area contributed by atoms with Crippen LogP contribution in [0.1, 0.15) is 31.4 Å². The summed E-state index contributed by atoms with van der Waals surface area (Å²) in [6.07, 6.45) is 1.65. The van der Waals surface area contributed by atoms with Crippen LogP contribution >= 0.6 is 27.7 Å². The van der Waals surface area contributed by atoms with E-state index in [9.17, 15) is 4.79 Å². The van der Waals surface area contributed by atoms with E-state index in [1.807, 2.05) is 41.0 Å². The highest BCUT2D eigenvalue weighted by Gasteiger charge is 2.18. The maximum atomic E-state index is 12.5. The number of halogens is 1. The highest BCUT2D eigenvalue weighted by molar-refractivity contribution is 9.10. The minimum Gasteiger partial charge on any atom is -0.492 e. The molecule has 0 bridgehead atoms. The second-order valence-corrected chi connectivity index (χ2v) is 8.93. The van der Waals surface area contributed by atoms with E-state index in [2.05, 4.69) is 40.0 Å². The number of likely N-dealkylation sites (N-methyl/N-ethyl adjacent to an activating group) is 1. The molecule has 0 N–H and O–H groups in total. The molecule has 3 rings (SSSR count). The Morgan fingerprint density at radius 1 is 1.27 bits per heavy atom. The van der Waals surface area contributed by atoms with Crippen LogP contribution in [0.2, 0.25) is 0 Å². The second kappa shape index (κ2) is 10.7. The van der Waals surface area contributed by atoms with Gasteiger partial charge in [-0.2, -0.15) is 0 Å². The molecule has 1 aromatic carbocycles. The standard InChI is InChI=1S/C21H25BrN4O3S/c1-15(2)20-23-24-21(26(20)13-18-5-4-11-28-18)30-14-19(27)25(3)10-12-29-17-8-6-16(22)7-9-17/h4-9,11,15H,10,12-14H2,1-3H3. The van der Waals surface area contributed by atoms with E-state index in [1.54, 1.807) is 18.2 Å². The van der Waals surface area contributed by atoms with Crippen LogP contribution in [-0.2, 0) is 11.3 Å². The Morgan fingerprint density at radius 2 is 2.03 bits per heavy atom. The molecule has 0 saturated carbocycles. The van der Waals surface area contributed by atoms with Crippen molar-refractivity contribution in [3.8, 4) is 5.75 Å². The van der Waals surface area contributed by atoms with Crippen molar-refractivity contribution < 1.29 is 13.9 Å². The summed E-state index contributed by atoms with van der Waals surface area (Å²) in [6, 6.07) is 11.4. The van der Waals surface area contributed by atoms with Gasteiger partial charge in [0.1, 0.15) is 23.9 Å². The quantitative estimate of drug-likeness (QED) is 0.389. The van der Waals surface area contributed by atoms with Gasteiger partial charge in [0.05, 0.1) is 25.1 Å². The zero-order valence-corrected chi connectivity index (χ0v) is 19.6. The maximum Gasteiger partial charge on any atom is 0.232 e. The first kappa shape index (κ1) is 22.4. The third-order valence-electron chi connectivity index (χ3n) is 4.42. The predicted molar refractivity (Wildman–Crippen MR) is 120 cm³/mol. The summed E-state index contributed by atoms with van der Waals surface area (Å²) in [6.45, 7) is 5.62. The Morgan fingerprint density at radius 3 is 2.70 bits per heavy atom. The van der Waals surface area contributed by atoms with Gasteiger partial charge in [0.15, 0.2) is 5.16 Å². The number of amides is 1. The normalized spacial score (nSPS) is 11.1. The molecule has 3 aromatic rings. The topological polar surface area (TPSA) is 73.4 Å². The number of furan rings is 1. The van der Waals surface area contributed by atoms with Crippen LogP contribution in [0.5, 0.6) is 5.75 Å². The molecule has 0 atom stereocenters. The molecule has 160 valence electrons. The lowest BCUT2D eigenvalue weighted by atomic mass is 10.2. The van der Waals surface area contributed by atoms with Gasteiger partial charge in [0, 0.05) is 17.4 Å². The van der Waals surface area contributed by atoms with Gasteiger partial charge in [-0.1, -0.05) is 41.5 Å². The van der Waals surface area contributed by atoms with E-state index < -0.39 is 0 Å². The molecular weight excluding hydrogens is 468 g/mol. The van der Waals surface area contributed by atoms with Gasteiger partial charge in [-0.15, -0.1) is 10.2 Å². The molecule has 0 aliphatic rings. The van der Waals surface area contributed by atoms with E-state index in [0.29, 0.717) is 24.9 Å². The Balaban J connectivity index is 1.52. The van der Waals surface area contributed by atoms with Crippen molar-refractivity contribution in [2.75, 3.05) is 26.0 Å². The third kappa shape index (κ3) is 6.12. The molecule has 2 aromatic heterocycles. The number of carbonyl (C=O) groups excluding carboxylic acids is 1. The molecule has 0 spiro atoms. The Kier molecular flexibility index (Phi) is 7.98. The Hall–Kier alpha value is -2.26. The van der Waals surface area contributed by atoms with Gasteiger partial charge in [0.2, 0.25) is 5.91 Å². The van der Waals surface area contributed by atoms with Gasteiger partial charge in [-0.25, -0.2) is 0 Å². The average Bonchev–Trinajstić information content (AvgIpc) is 3.38. The zero-order valence-electron chi connectivity index (χ0n) is 17.2. The lowest BCUT2D eigenvalue weighted by Crippen LogP contribution is -2.32. The van der Waals surface area contributed by atoms with Crippen molar-refractivity contribution in [1.29, 1.82) is 0 Å². The van der Waals surface area contributed by atoms with Gasteiger partial charge >= 0.3 is 0 Å². The fourth-order valence-electron chi connectivity index (χ4n) is 2.73. The van der Waals surface area contributed by atoms with Gasteiger partial charge < -0.3 is 14.1 Å². The third-order valence-corrected chi connectivity index (χ3v) is 5.90. The summed E-state index contributed by atoms with van der Waals surface area (Å²) in [5.41, 5.74) is 0. The van der Waals surface area contributed by atoms with Crippen LogP contribution in [-0.4, -0.2) is 51.5 Å². The summed E-state index contributed by atoms with van der Waals surface area (Å²) < 4.78 is 14.2. The fourth-order valence-corrected chi connectivity index (χ4v) is 3.88. The first-order valence-corrected chi connectivity index (χ1v) is 11.4. The summed E-state index contributed by atoms with van der Waals surface area (Å²) in [5.74, 6) is 2.99. The van der Waals surface area contributed by atoms with Gasteiger partial charge in [-0.3, -0.25) is 9.36 Å². The number of rotatable bonds is 10. The second-order valence-electron chi connectivity index (χ2n) is 7.07. The van der Waals surface area contributed by atoms with Crippen molar-refractivity contribution in [2.45, 2.75) is 31.5 Å². The smallest absolute Gasteiger partial charge is 0.232 e. The van der Waals surface area contributed by atoms with E-state index in [1.165, 1.54) is 11.8 Å². The molecule has 9 heteroatoms. The summed E-state index contributed by atoms with van der Waals surface area (Å²) in [7, 11) is 1.78. The Labute approximate surface area is 188 Å². The monoisotopic (exact) mass is 492 g/mol. The van der Waals surface area contributed by atoms with Gasteiger partial charge in [-0.05, 0) is 36.4 Å². The van der Waals surface area contributed by atoms with Crippen molar-refractivity contribution >= 4 is 33.6 Å². The maximum absolute atomic E-state index is 12.5. The van der Waals surface area contributed by atoms with E-state index in [4.69, 9.17) is 9.15 Å². The minimum absolute atomic E-state index is 0.0121. The fraction of sp³-hybridized carbons (Fsp3) is 0.381. The van der Waals surface area contributed by atoms with E-state index >= 15 is 0 Å². The van der Waals surface area contributed by atoms with Crippen LogP contribution in [0.25, 0.3) is 0 Å². The van der Waals surface area contributed by atoms with Crippen molar-refractivity contribution in [3.63, 3.8) is 0 Å². The predicted octanol–water partition coefficient (Wildman–Crippen LogP) is 4.43. The number of hydrogen-bond donors (Lipinski definition) is 0. The molecule has 0 aliphatic heterocycles. The Bertz CT molecular complexity index is 942. The van der Waals surface area contributed by atoms with Crippen LogP contribution in [0.15, 0.2) is 56.7 Å². The van der Waals surface area contributed by atoms with Crippen LogP contribution < -0.4 is 4.74 Å². The number of ether oxygens (including phenoxy) is 1. The SMILES string of the molecule is CC(C)c1nnc(SCC(=O)N(C)CCOc2ccc(Br)cc2)n1Cc1ccco1. The van der Waals surface area contributed by atoms with Crippen molar-refractivity contribution in [3.05, 3.63) is 58.7 Å². The molecule has 0 aliphatic carbocycles. The lowest BCUT2D eigenvalue weighted by molar-refractivity contribution is -0.127. The number of hydrogen-bond acceptors (Lipinski definition) is 6. The molecule has 0 unspecified atom stereocenters. The largest absolute Gasteiger partial charge is 0.492 e. The lowest BCUT2D eigenvalue weighted by Gasteiger charge is -2.17. The molecule has 0 radical (unpaired) electrons. The molecular formula is C21H25BrN4O3S. The highest BCUT2D eigenvalue weighted by Crippen LogP contribution is 2.23. The average molecular weight is 493 g/mol. The van der Waals surface area contributed by atoms with Gasteiger partial charge in [0.25, 0.3) is 0 Å². The number of thioether (sulfide) groups is 1. The van der Waals surface area contributed by atoms with Crippen LogP contribution in [0, 0.1) is 0 Å². The zero-order chi connectivity index (χ0) is 21.5. The number of benzene rings is 1. The number of nitrogens with zero attached hydrogens (tertiary/aromatic N) is 4.